The first kappa shape index (κ1) is 27.1. The molecule has 0 radical (unpaired) electrons. The molecule has 0 spiro atoms. The minimum Gasteiger partial charge on any atom is -0.497 e. The lowest BCUT2D eigenvalue weighted by atomic mass is 9.85. The van der Waals surface area contributed by atoms with Crippen LogP contribution in [0.4, 0.5) is 5.00 Å². The summed E-state index contributed by atoms with van der Waals surface area (Å²) >= 11 is 1.13. The van der Waals surface area contributed by atoms with Gasteiger partial charge in [-0.25, -0.2) is 9.59 Å². The number of amides is 3. The van der Waals surface area contributed by atoms with Gasteiger partial charge < -0.3 is 19.5 Å². The van der Waals surface area contributed by atoms with Crippen LogP contribution in [0, 0.1) is 11.8 Å². The SMILES string of the molecule is CCOC(=O)c1c(-c2ccc(OC)cc2)csc1NC(=O)COC(=O)[C@H](C)N1C(=O)[C@H]2CC=CC[C@H]2C1=O. The molecule has 0 saturated carbocycles. The Morgan fingerprint density at radius 3 is 2.26 bits per heavy atom. The summed E-state index contributed by atoms with van der Waals surface area (Å²) in [5.41, 5.74) is 1.47. The molecule has 38 heavy (non-hydrogen) atoms. The highest BCUT2D eigenvalue weighted by Crippen LogP contribution is 2.38. The Balaban J connectivity index is 1.42. The number of ether oxygens (including phenoxy) is 3. The van der Waals surface area contributed by atoms with Gasteiger partial charge in [-0.2, -0.15) is 0 Å². The number of methoxy groups -OCH3 is 1. The van der Waals surface area contributed by atoms with Crippen LogP contribution in [-0.4, -0.2) is 60.9 Å². The molecule has 1 aliphatic heterocycles. The summed E-state index contributed by atoms with van der Waals surface area (Å²) in [4.78, 5) is 64.4. The summed E-state index contributed by atoms with van der Waals surface area (Å²) < 4.78 is 15.5. The highest BCUT2D eigenvalue weighted by molar-refractivity contribution is 7.15. The number of likely N-dealkylation sites (tertiary alicyclic amines) is 1. The molecule has 4 rings (SSSR count). The van der Waals surface area contributed by atoms with Gasteiger partial charge in [0.05, 0.1) is 25.6 Å². The first-order valence-corrected chi connectivity index (χ1v) is 13.1. The molecule has 1 fully saturated rings. The lowest BCUT2D eigenvalue weighted by molar-refractivity contribution is -0.159. The molecule has 0 bridgehead atoms. The Morgan fingerprint density at radius 2 is 1.68 bits per heavy atom. The quantitative estimate of drug-likeness (QED) is 0.291. The molecule has 1 aliphatic carbocycles. The lowest BCUT2D eigenvalue weighted by Crippen LogP contribution is -2.45. The van der Waals surface area contributed by atoms with Gasteiger partial charge in [0.2, 0.25) is 11.8 Å². The van der Waals surface area contributed by atoms with E-state index in [1.165, 1.54) is 6.92 Å². The van der Waals surface area contributed by atoms with E-state index in [-0.39, 0.29) is 17.2 Å². The van der Waals surface area contributed by atoms with Crippen LogP contribution >= 0.6 is 11.3 Å². The fraction of sp³-hybridized carbons (Fsp3) is 0.370. The normalized spacial score (nSPS) is 19.1. The van der Waals surface area contributed by atoms with Gasteiger partial charge >= 0.3 is 11.9 Å². The number of hydrogen-bond acceptors (Lipinski definition) is 9. The van der Waals surface area contributed by atoms with Crippen LogP contribution in [0.15, 0.2) is 41.8 Å². The van der Waals surface area contributed by atoms with E-state index < -0.39 is 54.1 Å². The second kappa shape index (κ2) is 11.6. The van der Waals surface area contributed by atoms with Crippen LogP contribution in [-0.2, 0) is 28.7 Å². The van der Waals surface area contributed by atoms with Crippen LogP contribution in [0.5, 0.6) is 5.75 Å². The van der Waals surface area contributed by atoms with Crippen molar-refractivity contribution in [1.82, 2.24) is 4.90 Å². The predicted octanol–water partition coefficient (Wildman–Crippen LogP) is 3.42. The maximum absolute atomic E-state index is 12.7. The molecule has 3 amide bonds. The minimum absolute atomic E-state index is 0.144. The third-order valence-electron chi connectivity index (χ3n) is 6.54. The van der Waals surface area contributed by atoms with E-state index in [1.807, 2.05) is 12.2 Å². The first-order valence-electron chi connectivity index (χ1n) is 12.2. The Hall–Kier alpha value is -3.99. The van der Waals surface area contributed by atoms with Crippen molar-refractivity contribution in [2.45, 2.75) is 32.7 Å². The van der Waals surface area contributed by atoms with Crippen molar-refractivity contribution in [1.29, 1.82) is 0 Å². The molecule has 1 saturated heterocycles. The Kier molecular flexibility index (Phi) is 8.26. The third kappa shape index (κ3) is 5.33. The second-order valence-corrected chi connectivity index (χ2v) is 9.72. The molecule has 0 unspecified atom stereocenters. The molecule has 2 aromatic rings. The molecule has 1 N–H and O–H groups in total. The minimum atomic E-state index is -1.16. The molecule has 1 aromatic heterocycles. The number of nitrogens with one attached hydrogen (secondary N) is 1. The zero-order valence-corrected chi connectivity index (χ0v) is 22.0. The molecule has 2 aliphatic rings. The van der Waals surface area contributed by atoms with E-state index in [2.05, 4.69) is 5.32 Å². The van der Waals surface area contributed by atoms with Crippen molar-refractivity contribution in [2.75, 3.05) is 25.6 Å². The zero-order valence-electron chi connectivity index (χ0n) is 21.2. The molecule has 3 atom stereocenters. The fourth-order valence-electron chi connectivity index (χ4n) is 4.57. The number of anilines is 1. The summed E-state index contributed by atoms with van der Waals surface area (Å²) in [6, 6.07) is 5.91. The number of thiophene rings is 1. The molecule has 200 valence electrons. The van der Waals surface area contributed by atoms with Crippen molar-refractivity contribution in [3.63, 3.8) is 0 Å². The Morgan fingerprint density at radius 1 is 1.05 bits per heavy atom. The van der Waals surface area contributed by atoms with Crippen molar-refractivity contribution in [3.05, 3.63) is 47.4 Å². The highest BCUT2D eigenvalue weighted by atomic mass is 32.1. The van der Waals surface area contributed by atoms with E-state index in [1.54, 1.807) is 43.7 Å². The summed E-state index contributed by atoms with van der Waals surface area (Å²) in [6.45, 7) is 2.56. The number of hydrogen-bond donors (Lipinski definition) is 1. The van der Waals surface area contributed by atoms with Crippen molar-refractivity contribution in [2.24, 2.45) is 11.8 Å². The number of nitrogens with zero attached hydrogens (tertiary/aromatic N) is 1. The summed E-state index contributed by atoms with van der Waals surface area (Å²) in [6.07, 6.45) is 4.63. The number of imide groups is 1. The van der Waals surface area contributed by atoms with E-state index in [0.717, 1.165) is 21.8 Å². The monoisotopic (exact) mass is 540 g/mol. The topological polar surface area (TPSA) is 128 Å². The number of carbonyl (C=O) groups excluding carboxylic acids is 5. The molecular weight excluding hydrogens is 512 g/mol. The number of benzene rings is 1. The van der Waals surface area contributed by atoms with Gasteiger partial charge in [0.15, 0.2) is 6.61 Å². The van der Waals surface area contributed by atoms with Crippen molar-refractivity contribution >= 4 is 46.0 Å². The van der Waals surface area contributed by atoms with E-state index in [4.69, 9.17) is 14.2 Å². The van der Waals surface area contributed by atoms with Crippen LogP contribution in [0.2, 0.25) is 0 Å². The molecule has 1 aromatic carbocycles. The van der Waals surface area contributed by atoms with Gasteiger partial charge in [-0.1, -0.05) is 24.3 Å². The Bertz CT molecular complexity index is 1260. The van der Waals surface area contributed by atoms with E-state index in [0.29, 0.717) is 24.2 Å². The van der Waals surface area contributed by atoms with E-state index in [9.17, 15) is 24.0 Å². The van der Waals surface area contributed by atoms with Gasteiger partial charge in [-0.05, 0) is 44.4 Å². The standard InChI is InChI=1S/C27H28N2O8S/c1-4-36-27(34)22-20(16-9-11-17(35-3)12-10-16)14-38-23(22)28-21(30)13-37-26(33)15(2)29-24(31)18-7-5-6-8-19(18)25(29)32/h5-6,9-12,14-15,18-19H,4,7-8,13H2,1-3H3,(H,28,30)/t15-,18-,19+/m0/s1. The largest absolute Gasteiger partial charge is 0.497 e. The smallest absolute Gasteiger partial charge is 0.341 e. The number of esters is 2. The van der Waals surface area contributed by atoms with Crippen LogP contribution in [0.25, 0.3) is 11.1 Å². The maximum atomic E-state index is 12.7. The highest BCUT2D eigenvalue weighted by Gasteiger charge is 2.50. The number of carbonyl (C=O) groups is 5. The first-order chi connectivity index (χ1) is 18.3. The van der Waals surface area contributed by atoms with E-state index >= 15 is 0 Å². The second-order valence-electron chi connectivity index (χ2n) is 8.84. The number of fused-ring (bicyclic) bond motifs is 1. The van der Waals surface area contributed by atoms with Crippen LogP contribution < -0.4 is 10.1 Å². The van der Waals surface area contributed by atoms with Gasteiger partial charge in [-0.15, -0.1) is 11.3 Å². The maximum Gasteiger partial charge on any atom is 0.341 e. The van der Waals surface area contributed by atoms with Crippen LogP contribution in [0.3, 0.4) is 0 Å². The summed E-state index contributed by atoms with van der Waals surface area (Å²) in [5, 5.41) is 4.57. The fourth-order valence-corrected chi connectivity index (χ4v) is 5.55. The average Bonchev–Trinajstić information content (AvgIpc) is 3.45. The molecule has 2 heterocycles. The van der Waals surface area contributed by atoms with Crippen LogP contribution in [0.1, 0.15) is 37.0 Å². The summed E-state index contributed by atoms with van der Waals surface area (Å²) in [7, 11) is 1.55. The third-order valence-corrected chi connectivity index (χ3v) is 7.44. The van der Waals surface area contributed by atoms with Gasteiger partial charge in [-0.3, -0.25) is 19.3 Å². The number of rotatable bonds is 9. The van der Waals surface area contributed by atoms with Gasteiger partial charge in [0.25, 0.3) is 5.91 Å². The van der Waals surface area contributed by atoms with Gasteiger partial charge in [0.1, 0.15) is 22.4 Å². The predicted molar refractivity (Wildman–Crippen MR) is 139 cm³/mol. The van der Waals surface area contributed by atoms with Crippen molar-refractivity contribution < 1.29 is 38.2 Å². The molecule has 10 nitrogen and oxygen atoms in total. The molecule has 11 heteroatoms. The zero-order chi connectivity index (χ0) is 27.4. The van der Waals surface area contributed by atoms with Gasteiger partial charge in [0, 0.05) is 10.9 Å². The number of allylic oxidation sites excluding steroid dienone is 2. The van der Waals surface area contributed by atoms with Crippen molar-refractivity contribution in [3.8, 4) is 16.9 Å². The average molecular weight is 541 g/mol. The molecular formula is C27H28N2O8S. The summed E-state index contributed by atoms with van der Waals surface area (Å²) in [5.74, 6) is -3.25. The lowest BCUT2D eigenvalue weighted by Gasteiger charge is -2.21. The Labute approximate surface area is 223 Å².